The SMILES string of the molecule is CCCC(CN)C(=O)NCC1(O)CCCC(C)C1. The van der Waals surface area contributed by atoms with Crippen molar-refractivity contribution in [3.63, 3.8) is 0 Å². The van der Waals surface area contributed by atoms with Gasteiger partial charge in [-0.2, -0.15) is 0 Å². The lowest BCUT2D eigenvalue weighted by atomic mass is 9.79. The van der Waals surface area contributed by atoms with Gasteiger partial charge in [0, 0.05) is 13.1 Å². The van der Waals surface area contributed by atoms with Crippen molar-refractivity contribution in [2.75, 3.05) is 13.1 Å². The third kappa shape index (κ3) is 4.58. The average Bonchev–Trinajstić information content (AvgIpc) is 2.33. The minimum Gasteiger partial charge on any atom is -0.388 e. The van der Waals surface area contributed by atoms with E-state index < -0.39 is 5.60 Å². The fourth-order valence-corrected chi connectivity index (χ4v) is 2.89. The molecule has 0 saturated heterocycles. The summed E-state index contributed by atoms with van der Waals surface area (Å²) < 4.78 is 0. The van der Waals surface area contributed by atoms with Gasteiger partial charge in [-0.05, 0) is 25.2 Å². The summed E-state index contributed by atoms with van der Waals surface area (Å²) in [4.78, 5) is 11.9. The first kappa shape index (κ1) is 15.4. The molecular formula is C14H28N2O2. The summed E-state index contributed by atoms with van der Waals surface area (Å²) in [6.45, 7) is 4.96. The van der Waals surface area contributed by atoms with Crippen LogP contribution in [0.1, 0.15) is 52.4 Å². The van der Waals surface area contributed by atoms with E-state index in [1.807, 2.05) is 6.92 Å². The van der Waals surface area contributed by atoms with Gasteiger partial charge in [-0.1, -0.05) is 33.1 Å². The zero-order valence-electron chi connectivity index (χ0n) is 11.7. The normalized spacial score (nSPS) is 29.9. The van der Waals surface area contributed by atoms with Crippen LogP contribution in [0.25, 0.3) is 0 Å². The largest absolute Gasteiger partial charge is 0.388 e. The van der Waals surface area contributed by atoms with Crippen LogP contribution in [0, 0.1) is 11.8 Å². The van der Waals surface area contributed by atoms with Crippen molar-refractivity contribution >= 4 is 5.91 Å². The molecule has 3 unspecified atom stereocenters. The number of hydrogen-bond acceptors (Lipinski definition) is 3. The number of rotatable bonds is 6. The quantitative estimate of drug-likeness (QED) is 0.673. The van der Waals surface area contributed by atoms with Gasteiger partial charge in [-0.25, -0.2) is 0 Å². The van der Waals surface area contributed by atoms with Crippen molar-refractivity contribution in [2.24, 2.45) is 17.6 Å². The Bertz CT molecular complexity index is 271. The molecule has 0 spiro atoms. The number of amides is 1. The Hall–Kier alpha value is -0.610. The standard InChI is InChI=1S/C14H28N2O2/c1-3-5-12(9-15)13(17)16-10-14(18)7-4-6-11(2)8-14/h11-12,18H,3-10,15H2,1-2H3,(H,16,17). The van der Waals surface area contributed by atoms with Gasteiger partial charge in [-0.15, -0.1) is 0 Å². The van der Waals surface area contributed by atoms with E-state index in [0.717, 1.165) is 32.1 Å². The van der Waals surface area contributed by atoms with Crippen LogP contribution in [0.2, 0.25) is 0 Å². The van der Waals surface area contributed by atoms with Gasteiger partial charge in [0.15, 0.2) is 0 Å². The second kappa shape index (κ2) is 7.10. The topological polar surface area (TPSA) is 75.4 Å². The molecular weight excluding hydrogens is 228 g/mol. The summed E-state index contributed by atoms with van der Waals surface area (Å²) in [5.74, 6) is 0.423. The second-order valence-corrected chi connectivity index (χ2v) is 5.86. The molecule has 4 nitrogen and oxygen atoms in total. The van der Waals surface area contributed by atoms with Crippen LogP contribution in [0.4, 0.5) is 0 Å². The first-order valence-corrected chi connectivity index (χ1v) is 7.21. The second-order valence-electron chi connectivity index (χ2n) is 5.86. The highest BCUT2D eigenvalue weighted by atomic mass is 16.3. The van der Waals surface area contributed by atoms with E-state index in [0.29, 0.717) is 19.0 Å². The Kier molecular flexibility index (Phi) is 6.09. The number of nitrogens with one attached hydrogen (secondary N) is 1. The molecule has 1 aliphatic carbocycles. The molecule has 18 heavy (non-hydrogen) atoms. The minimum atomic E-state index is -0.710. The van der Waals surface area contributed by atoms with Crippen LogP contribution in [0.5, 0.6) is 0 Å². The molecule has 1 rings (SSSR count). The van der Waals surface area contributed by atoms with Crippen molar-refractivity contribution in [3.8, 4) is 0 Å². The zero-order valence-corrected chi connectivity index (χ0v) is 11.7. The van der Waals surface area contributed by atoms with Crippen LogP contribution < -0.4 is 11.1 Å². The maximum Gasteiger partial charge on any atom is 0.224 e. The zero-order chi connectivity index (χ0) is 13.6. The Morgan fingerprint density at radius 2 is 2.33 bits per heavy atom. The number of nitrogens with two attached hydrogens (primary N) is 1. The highest BCUT2D eigenvalue weighted by Crippen LogP contribution is 2.31. The lowest BCUT2D eigenvalue weighted by Crippen LogP contribution is -2.47. The Balaban J connectivity index is 2.41. The Morgan fingerprint density at radius 1 is 1.61 bits per heavy atom. The fourth-order valence-electron chi connectivity index (χ4n) is 2.89. The van der Waals surface area contributed by atoms with Gasteiger partial charge >= 0.3 is 0 Å². The van der Waals surface area contributed by atoms with E-state index in [4.69, 9.17) is 5.73 Å². The van der Waals surface area contributed by atoms with E-state index in [1.54, 1.807) is 0 Å². The van der Waals surface area contributed by atoms with Crippen molar-refractivity contribution in [1.29, 1.82) is 0 Å². The first-order valence-electron chi connectivity index (χ1n) is 7.21. The van der Waals surface area contributed by atoms with E-state index in [-0.39, 0.29) is 11.8 Å². The van der Waals surface area contributed by atoms with Crippen LogP contribution in [0.3, 0.4) is 0 Å². The van der Waals surface area contributed by atoms with E-state index in [1.165, 1.54) is 6.42 Å². The number of aliphatic hydroxyl groups is 1. The average molecular weight is 256 g/mol. The van der Waals surface area contributed by atoms with Crippen LogP contribution in [-0.2, 0) is 4.79 Å². The maximum absolute atomic E-state index is 11.9. The fraction of sp³-hybridized carbons (Fsp3) is 0.929. The maximum atomic E-state index is 11.9. The van der Waals surface area contributed by atoms with Gasteiger partial charge in [0.1, 0.15) is 0 Å². The highest BCUT2D eigenvalue weighted by molar-refractivity contribution is 5.78. The molecule has 1 fully saturated rings. The molecule has 3 atom stereocenters. The predicted octanol–water partition coefficient (Wildman–Crippen LogP) is 1.42. The summed E-state index contributed by atoms with van der Waals surface area (Å²) in [6, 6.07) is 0. The number of hydrogen-bond donors (Lipinski definition) is 3. The first-order chi connectivity index (χ1) is 8.50. The van der Waals surface area contributed by atoms with Crippen LogP contribution in [-0.4, -0.2) is 29.7 Å². The van der Waals surface area contributed by atoms with Crippen molar-refractivity contribution in [2.45, 2.75) is 58.0 Å². The van der Waals surface area contributed by atoms with Gasteiger partial charge in [0.05, 0.1) is 11.5 Å². The summed E-state index contributed by atoms with van der Waals surface area (Å²) >= 11 is 0. The van der Waals surface area contributed by atoms with Crippen molar-refractivity contribution in [1.82, 2.24) is 5.32 Å². The summed E-state index contributed by atoms with van der Waals surface area (Å²) in [7, 11) is 0. The van der Waals surface area contributed by atoms with E-state index in [2.05, 4.69) is 12.2 Å². The van der Waals surface area contributed by atoms with Crippen LogP contribution in [0.15, 0.2) is 0 Å². The monoisotopic (exact) mass is 256 g/mol. The van der Waals surface area contributed by atoms with Gasteiger partial charge < -0.3 is 16.2 Å². The predicted molar refractivity (Wildman–Crippen MR) is 73.0 cm³/mol. The molecule has 1 amide bonds. The highest BCUT2D eigenvalue weighted by Gasteiger charge is 2.33. The molecule has 1 saturated carbocycles. The molecule has 0 aromatic carbocycles. The lowest BCUT2D eigenvalue weighted by Gasteiger charge is -2.35. The summed E-state index contributed by atoms with van der Waals surface area (Å²) in [5.41, 5.74) is 4.89. The van der Waals surface area contributed by atoms with E-state index >= 15 is 0 Å². The minimum absolute atomic E-state index is 0.00833. The molecule has 0 heterocycles. The van der Waals surface area contributed by atoms with Crippen molar-refractivity contribution < 1.29 is 9.90 Å². The summed E-state index contributed by atoms with van der Waals surface area (Å²) in [6.07, 6.45) is 5.57. The molecule has 0 aromatic rings. The van der Waals surface area contributed by atoms with E-state index in [9.17, 15) is 9.90 Å². The van der Waals surface area contributed by atoms with Gasteiger partial charge in [-0.3, -0.25) is 4.79 Å². The lowest BCUT2D eigenvalue weighted by molar-refractivity contribution is -0.126. The van der Waals surface area contributed by atoms with Crippen molar-refractivity contribution in [3.05, 3.63) is 0 Å². The van der Waals surface area contributed by atoms with Gasteiger partial charge in [0.2, 0.25) is 5.91 Å². The molecule has 0 radical (unpaired) electrons. The molecule has 0 aliphatic heterocycles. The third-order valence-corrected chi connectivity index (χ3v) is 3.95. The summed E-state index contributed by atoms with van der Waals surface area (Å²) in [5, 5.41) is 13.3. The molecule has 4 heteroatoms. The third-order valence-electron chi connectivity index (χ3n) is 3.95. The number of carbonyl (C=O) groups is 1. The Morgan fingerprint density at radius 3 is 2.89 bits per heavy atom. The molecule has 1 aliphatic rings. The molecule has 0 bridgehead atoms. The van der Waals surface area contributed by atoms with Gasteiger partial charge in [0.25, 0.3) is 0 Å². The number of carbonyl (C=O) groups excluding carboxylic acids is 1. The molecule has 4 N–H and O–H groups in total. The van der Waals surface area contributed by atoms with Crippen LogP contribution >= 0.6 is 0 Å². The smallest absolute Gasteiger partial charge is 0.224 e. The molecule has 0 aromatic heterocycles. The molecule has 106 valence electrons. The Labute approximate surface area is 110 Å².